The van der Waals surface area contributed by atoms with Gasteiger partial charge in [-0.25, -0.2) is 13.2 Å². The Hall–Kier alpha value is -4.23. The van der Waals surface area contributed by atoms with Crippen LogP contribution in [0.3, 0.4) is 0 Å². The first-order valence-electron chi connectivity index (χ1n) is 18.8. The number of nitrogens with one attached hydrogen (secondary N) is 3. The van der Waals surface area contributed by atoms with Crippen molar-refractivity contribution in [3.05, 3.63) is 72.3 Å². The van der Waals surface area contributed by atoms with Crippen molar-refractivity contribution in [2.45, 2.75) is 108 Å². The van der Waals surface area contributed by atoms with Crippen LogP contribution in [-0.2, 0) is 45.9 Å². The highest BCUT2D eigenvalue weighted by molar-refractivity contribution is 7.91. The average Bonchev–Trinajstić information content (AvgIpc) is 4.05. The molecule has 4 amide bonds. The van der Waals surface area contributed by atoms with Crippen molar-refractivity contribution >= 4 is 33.8 Å². The second-order valence-corrected chi connectivity index (χ2v) is 19.3. The van der Waals surface area contributed by atoms with E-state index in [1.165, 1.54) is 23.6 Å². The Morgan fingerprint density at radius 3 is 2.35 bits per heavy atom. The number of ether oxygens (including phenoxy) is 2. The SMILES string of the molecule is C=C[C@@H]1C[C@]1(NC(=O)[C@@H]1C[C@]2(OC)CN1C(=O)[C@H](C(C)(C)C)NC(=O)OCC(C)(C)CCCc1ccccc1-c1ccc2cc1)C(=O)NS(=O)(=O)C1CC1. The number of carbonyl (C=O) groups excluding carboxylic acids is 4. The number of hydrogen-bond acceptors (Lipinski definition) is 8. The lowest BCUT2D eigenvalue weighted by Crippen LogP contribution is -2.60. The molecule has 292 valence electrons. The zero-order chi connectivity index (χ0) is 39.3. The quantitative estimate of drug-likeness (QED) is 0.334. The molecule has 0 aromatic heterocycles. The minimum Gasteiger partial charge on any atom is -0.449 e. The summed E-state index contributed by atoms with van der Waals surface area (Å²) in [5, 5.41) is 5.02. The predicted octanol–water partition coefficient (Wildman–Crippen LogP) is 4.97. The molecule has 0 spiro atoms. The lowest BCUT2D eigenvalue weighted by molar-refractivity contribution is -0.143. The summed E-state index contributed by atoms with van der Waals surface area (Å²) in [7, 11) is -2.36. The van der Waals surface area contributed by atoms with Crippen LogP contribution in [0.1, 0.15) is 84.3 Å². The summed E-state index contributed by atoms with van der Waals surface area (Å²) in [5.41, 5.74) is 0.232. The molecule has 2 aromatic rings. The third-order valence-corrected chi connectivity index (χ3v) is 13.4. The molecule has 0 radical (unpaired) electrons. The van der Waals surface area contributed by atoms with E-state index in [4.69, 9.17) is 9.47 Å². The van der Waals surface area contributed by atoms with Crippen molar-refractivity contribution in [3.8, 4) is 11.1 Å². The monoisotopic (exact) mass is 762 g/mol. The molecule has 13 heteroatoms. The number of hydrogen-bond donors (Lipinski definition) is 3. The molecule has 3 N–H and O–H groups in total. The van der Waals surface area contributed by atoms with Gasteiger partial charge < -0.3 is 25.0 Å². The summed E-state index contributed by atoms with van der Waals surface area (Å²) < 4.78 is 39.7. The number of fused-ring (bicyclic) bond motifs is 11. The number of carbonyl (C=O) groups is 4. The fourth-order valence-corrected chi connectivity index (χ4v) is 9.23. The van der Waals surface area contributed by atoms with Gasteiger partial charge in [-0.2, -0.15) is 0 Å². The van der Waals surface area contributed by atoms with Gasteiger partial charge in [0.25, 0.3) is 5.91 Å². The highest BCUT2D eigenvalue weighted by atomic mass is 32.2. The maximum Gasteiger partial charge on any atom is 0.407 e. The molecule has 7 rings (SSSR count). The van der Waals surface area contributed by atoms with E-state index < -0.39 is 73.6 Å². The van der Waals surface area contributed by atoms with Gasteiger partial charge in [0.2, 0.25) is 21.8 Å². The molecule has 5 aliphatic rings. The number of aryl methyl sites for hydroxylation is 1. The molecule has 54 heavy (non-hydrogen) atoms. The number of benzene rings is 2. The van der Waals surface area contributed by atoms with Crippen LogP contribution in [0.2, 0.25) is 0 Å². The zero-order valence-electron chi connectivity index (χ0n) is 32.2. The summed E-state index contributed by atoms with van der Waals surface area (Å²) >= 11 is 0. The van der Waals surface area contributed by atoms with Crippen molar-refractivity contribution in [1.82, 2.24) is 20.3 Å². The Labute approximate surface area is 318 Å². The van der Waals surface area contributed by atoms with Gasteiger partial charge >= 0.3 is 6.09 Å². The second kappa shape index (κ2) is 14.4. The van der Waals surface area contributed by atoms with Crippen molar-refractivity contribution in [2.24, 2.45) is 16.7 Å². The Kier molecular flexibility index (Phi) is 10.6. The molecule has 3 heterocycles. The summed E-state index contributed by atoms with van der Waals surface area (Å²) in [4.78, 5) is 57.7. The third kappa shape index (κ3) is 7.93. The van der Waals surface area contributed by atoms with E-state index in [-0.39, 0.29) is 31.4 Å². The van der Waals surface area contributed by atoms with Gasteiger partial charge in [-0.1, -0.05) is 89.2 Å². The fraction of sp³-hybridized carbons (Fsp3) is 0.561. The van der Waals surface area contributed by atoms with E-state index in [9.17, 15) is 27.6 Å². The lowest BCUT2D eigenvalue weighted by atomic mass is 9.85. The van der Waals surface area contributed by atoms with Crippen LogP contribution < -0.4 is 15.4 Å². The van der Waals surface area contributed by atoms with E-state index in [2.05, 4.69) is 34.1 Å². The summed E-state index contributed by atoms with van der Waals surface area (Å²) in [6.07, 6.45) is 4.41. The van der Waals surface area contributed by atoms with Crippen LogP contribution in [0.4, 0.5) is 4.79 Å². The number of alkyl carbamates (subject to hydrolysis) is 1. The highest BCUT2D eigenvalue weighted by Gasteiger charge is 2.62. The van der Waals surface area contributed by atoms with Crippen molar-refractivity contribution < 1.29 is 37.1 Å². The first-order valence-corrected chi connectivity index (χ1v) is 20.4. The standard InChI is InChI=1S/C41H54N4O8S/c1-8-28-22-41(28,36(48)44-54(50,51)30-19-20-30)43-34(46)32-23-40(52-7)24-45(32)35(47)33(38(2,3)4)42-37(49)53-25-39(5,6)21-11-13-26-12-9-10-14-31(26)27-15-17-29(40)18-16-27/h8-10,12,14-18,28,30,32-33H,1,11,13,19-25H2,2-7H3,(H,42,49)(H,43,46)(H,44,48)/t28-,32+,33-,40+,41-/m1/s1. The molecule has 5 atom stereocenters. The van der Waals surface area contributed by atoms with Crippen molar-refractivity contribution in [3.63, 3.8) is 0 Å². The van der Waals surface area contributed by atoms with Crippen molar-refractivity contribution in [2.75, 3.05) is 20.3 Å². The van der Waals surface area contributed by atoms with E-state index in [1.807, 2.05) is 71.0 Å². The van der Waals surface area contributed by atoms with Crippen LogP contribution in [0.25, 0.3) is 11.1 Å². The number of methoxy groups -OCH3 is 1. The largest absolute Gasteiger partial charge is 0.449 e. The Balaban J connectivity index is 1.39. The molecule has 2 aliphatic carbocycles. The molecule has 3 fully saturated rings. The number of rotatable bonds is 7. The van der Waals surface area contributed by atoms with Gasteiger partial charge in [-0.05, 0) is 71.6 Å². The third-order valence-electron chi connectivity index (χ3n) is 11.6. The number of sulfonamides is 1. The highest BCUT2D eigenvalue weighted by Crippen LogP contribution is 2.47. The normalized spacial score (nSPS) is 28.7. The molecule has 0 unspecified atom stereocenters. The summed E-state index contributed by atoms with van der Waals surface area (Å²) in [6.45, 7) is 13.4. The van der Waals surface area contributed by atoms with Crippen LogP contribution in [0.15, 0.2) is 61.2 Å². The van der Waals surface area contributed by atoms with Crippen LogP contribution in [0.5, 0.6) is 0 Å². The van der Waals surface area contributed by atoms with Crippen molar-refractivity contribution in [1.29, 1.82) is 0 Å². The van der Waals surface area contributed by atoms with Gasteiger partial charge in [-0.15, -0.1) is 6.58 Å². The van der Waals surface area contributed by atoms with E-state index >= 15 is 0 Å². The van der Waals surface area contributed by atoms with E-state index in [0.717, 1.165) is 36.0 Å². The molecule has 3 aliphatic heterocycles. The molecule has 2 saturated carbocycles. The van der Waals surface area contributed by atoms with Gasteiger partial charge in [0, 0.05) is 19.4 Å². The average molecular weight is 763 g/mol. The van der Waals surface area contributed by atoms with Crippen LogP contribution >= 0.6 is 0 Å². The molecule has 4 bridgehead atoms. The summed E-state index contributed by atoms with van der Waals surface area (Å²) in [5.74, 6) is -2.51. The maximum absolute atomic E-state index is 14.8. The lowest BCUT2D eigenvalue weighted by Gasteiger charge is -2.36. The topological polar surface area (TPSA) is 160 Å². The molecular weight excluding hydrogens is 709 g/mol. The molecular formula is C41H54N4O8S. The van der Waals surface area contributed by atoms with Gasteiger partial charge in [0.1, 0.15) is 23.2 Å². The minimum atomic E-state index is -3.90. The smallest absolute Gasteiger partial charge is 0.407 e. The van der Waals surface area contributed by atoms with E-state index in [0.29, 0.717) is 12.8 Å². The zero-order valence-corrected chi connectivity index (χ0v) is 33.0. The van der Waals surface area contributed by atoms with Gasteiger partial charge in [-0.3, -0.25) is 19.1 Å². The van der Waals surface area contributed by atoms with Gasteiger partial charge in [0.15, 0.2) is 0 Å². The predicted molar refractivity (Wildman–Crippen MR) is 204 cm³/mol. The van der Waals surface area contributed by atoms with E-state index in [1.54, 1.807) is 0 Å². The molecule has 12 nitrogen and oxygen atoms in total. The number of amides is 4. The fourth-order valence-electron chi connectivity index (χ4n) is 7.87. The Morgan fingerprint density at radius 2 is 1.74 bits per heavy atom. The Bertz CT molecular complexity index is 1920. The van der Waals surface area contributed by atoms with Gasteiger partial charge in [0.05, 0.1) is 18.4 Å². The molecule has 2 aromatic carbocycles. The summed E-state index contributed by atoms with van der Waals surface area (Å²) in [6, 6.07) is 14.0. The first kappa shape index (κ1) is 39.5. The maximum atomic E-state index is 14.8. The minimum absolute atomic E-state index is 0.0311. The Morgan fingerprint density at radius 1 is 1.06 bits per heavy atom. The second-order valence-electron chi connectivity index (χ2n) is 17.3. The number of nitrogens with zero attached hydrogens (tertiary/aromatic N) is 1. The van der Waals surface area contributed by atoms with Crippen LogP contribution in [0, 0.1) is 16.7 Å². The van der Waals surface area contributed by atoms with Crippen LogP contribution in [-0.4, -0.2) is 80.3 Å². The first-order chi connectivity index (χ1) is 25.3. The molecule has 1 saturated heterocycles.